The Bertz CT molecular complexity index is 568. The van der Waals surface area contributed by atoms with Gasteiger partial charge in [-0.3, -0.25) is 0 Å². The summed E-state index contributed by atoms with van der Waals surface area (Å²) in [4.78, 5) is 0. The van der Waals surface area contributed by atoms with Gasteiger partial charge in [0.2, 0.25) is 0 Å². The standard InChI is InChI=1S/C18H21NO.ClH/c1-14(2)12-17(19)16-10-6-7-11-18(16)20-13-15-8-4-3-5-9-15;/h3-11,17H,1,12-13,19H2,2H3;1H/t17-;/m1./s1. The van der Waals surface area contributed by atoms with Crippen LogP contribution in [0.3, 0.4) is 0 Å². The number of hydrogen-bond donors (Lipinski definition) is 1. The van der Waals surface area contributed by atoms with Crippen molar-refractivity contribution in [3.05, 3.63) is 77.9 Å². The van der Waals surface area contributed by atoms with Crippen molar-refractivity contribution in [2.75, 3.05) is 0 Å². The van der Waals surface area contributed by atoms with Gasteiger partial charge >= 0.3 is 0 Å². The maximum Gasteiger partial charge on any atom is 0.124 e. The Morgan fingerprint density at radius 3 is 2.38 bits per heavy atom. The molecule has 0 fully saturated rings. The number of benzene rings is 2. The predicted molar refractivity (Wildman–Crippen MR) is 90.8 cm³/mol. The van der Waals surface area contributed by atoms with E-state index in [0.717, 1.165) is 28.9 Å². The van der Waals surface area contributed by atoms with Crippen LogP contribution in [0.4, 0.5) is 0 Å². The molecule has 2 nitrogen and oxygen atoms in total. The molecule has 0 aliphatic heterocycles. The first-order chi connectivity index (χ1) is 9.66. The summed E-state index contributed by atoms with van der Waals surface area (Å²) in [5.74, 6) is 0.852. The van der Waals surface area contributed by atoms with E-state index in [0.29, 0.717) is 6.61 Å². The molecule has 21 heavy (non-hydrogen) atoms. The van der Waals surface area contributed by atoms with Crippen LogP contribution in [0.2, 0.25) is 0 Å². The molecule has 2 aromatic carbocycles. The topological polar surface area (TPSA) is 35.2 Å². The predicted octanol–water partition coefficient (Wildman–Crippen LogP) is 4.65. The number of ether oxygens (including phenoxy) is 1. The fraction of sp³-hybridized carbons (Fsp3) is 0.222. The smallest absolute Gasteiger partial charge is 0.124 e. The van der Waals surface area contributed by atoms with Crippen molar-refractivity contribution in [2.24, 2.45) is 5.73 Å². The third kappa shape index (κ3) is 5.25. The van der Waals surface area contributed by atoms with Crippen LogP contribution in [0.1, 0.15) is 30.5 Å². The highest BCUT2D eigenvalue weighted by Crippen LogP contribution is 2.27. The lowest BCUT2D eigenvalue weighted by Gasteiger charge is -2.17. The van der Waals surface area contributed by atoms with Crippen LogP contribution in [0.5, 0.6) is 5.75 Å². The van der Waals surface area contributed by atoms with Crippen molar-refractivity contribution >= 4 is 12.4 Å². The van der Waals surface area contributed by atoms with E-state index in [2.05, 4.69) is 18.7 Å². The molecule has 0 amide bonds. The van der Waals surface area contributed by atoms with Crippen molar-refractivity contribution in [3.63, 3.8) is 0 Å². The van der Waals surface area contributed by atoms with Crippen LogP contribution in [0.25, 0.3) is 0 Å². The highest BCUT2D eigenvalue weighted by molar-refractivity contribution is 5.85. The number of nitrogens with two attached hydrogens (primary N) is 1. The average Bonchev–Trinajstić information content (AvgIpc) is 2.46. The van der Waals surface area contributed by atoms with Crippen molar-refractivity contribution in [1.82, 2.24) is 0 Å². The van der Waals surface area contributed by atoms with Crippen LogP contribution < -0.4 is 10.5 Å². The summed E-state index contributed by atoms with van der Waals surface area (Å²) in [6.07, 6.45) is 0.770. The lowest BCUT2D eigenvalue weighted by molar-refractivity contribution is 0.301. The van der Waals surface area contributed by atoms with E-state index in [1.54, 1.807) is 0 Å². The van der Waals surface area contributed by atoms with E-state index < -0.39 is 0 Å². The Morgan fingerprint density at radius 2 is 1.71 bits per heavy atom. The monoisotopic (exact) mass is 303 g/mol. The second kappa shape index (κ2) is 8.50. The lowest BCUT2D eigenvalue weighted by atomic mass is 10.0. The average molecular weight is 304 g/mol. The van der Waals surface area contributed by atoms with Crippen molar-refractivity contribution in [2.45, 2.75) is 26.0 Å². The maximum atomic E-state index is 6.22. The van der Waals surface area contributed by atoms with E-state index in [4.69, 9.17) is 10.5 Å². The number of halogens is 1. The van der Waals surface area contributed by atoms with Gasteiger partial charge in [-0.05, 0) is 25.0 Å². The minimum atomic E-state index is -0.0699. The molecule has 0 unspecified atom stereocenters. The summed E-state index contributed by atoms with van der Waals surface area (Å²) in [7, 11) is 0. The van der Waals surface area contributed by atoms with Crippen LogP contribution in [-0.2, 0) is 6.61 Å². The third-order valence-corrected chi connectivity index (χ3v) is 3.12. The highest BCUT2D eigenvalue weighted by Gasteiger charge is 2.11. The zero-order valence-corrected chi connectivity index (χ0v) is 13.1. The van der Waals surface area contributed by atoms with Crippen molar-refractivity contribution in [1.29, 1.82) is 0 Å². The molecule has 2 N–H and O–H groups in total. The summed E-state index contributed by atoms with van der Waals surface area (Å²) >= 11 is 0. The number of para-hydroxylation sites is 1. The maximum absolute atomic E-state index is 6.22. The highest BCUT2D eigenvalue weighted by atomic mass is 35.5. The summed E-state index contributed by atoms with van der Waals surface area (Å²) < 4.78 is 5.92. The molecular weight excluding hydrogens is 282 g/mol. The molecule has 0 aliphatic rings. The fourth-order valence-electron chi connectivity index (χ4n) is 2.14. The van der Waals surface area contributed by atoms with Gasteiger partial charge in [0.05, 0.1) is 0 Å². The molecule has 0 aromatic heterocycles. The first-order valence-corrected chi connectivity index (χ1v) is 6.82. The minimum absolute atomic E-state index is 0. The molecule has 2 aromatic rings. The van der Waals surface area contributed by atoms with Gasteiger partial charge in [0.1, 0.15) is 12.4 Å². The van der Waals surface area contributed by atoms with Crippen LogP contribution in [-0.4, -0.2) is 0 Å². The van der Waals surface area contributed by atoms with Crippen LogP contribution in [0.15, 0.2) is 66.7 Å². The Balaban J connectivity index is 0.00000220. The zero-order chi connectivity index (χ0) is 14.4. The van der Waals surface area contributed by atoms with Gasteiger partial charge in [0.25, 0.3) is 0 Å². The van der Waals surface area contributed by atoms with E-state index in [-0.39, 0.29) is 18.4 Å². The molecule has 0 saturated carbocycles. The summed E-state index contributed by atoms with van der Waals surface area (Å²) in [6.45, 7) is 6.47. The molecule has 0 radical (unpaired) electrons. The quantitative estimate of drug-likeness (QED) is 0.788. The van der Waals surface area contributed by atoms with Gasteiger partial charge in [0.15, 0.2) is 0 Å². The first-order valence-electron chi connectivity index (χ1n) is 6.82. The molecule has 3 heteroatoms. The molecular formula is C18H22ClNO. The summed E-state index contributed by atoms with van der Waals surface area (Å²) in [5, 5.41) is 0. The van der Waals surface area contributed by atoms with Crippen LogP contribution in [0, 0.1) is 0 Å². The SMILES string of the molecule is C=C(C)C[C@@H](N)c1ccccc1OCc1ccccc1.Cl. The minimum Gasteiger partial charge on any atom is -0.489 e. The van der Waals surface area contributed by atoms with E-state index in [9.17, 15) is 0 Å². The van der Waals surface area contributed by atoms with E-state index in [1.165, 1.54) is 0 Å². The zero-order valence-electron chi connectivity index (χ0n) is 12.3. The van der Waals surface area contributed by atoms with Gasteiger partial charge in [0, 0.05) is 11.6 Å². The lowest BCUT2D eigenvalue weighted by Crippen LogP contribution is -2.12. The fourth-order valence-corrected chi connectivity index (χ4v) is 2.14. The normalized spacial score (nSPS) is 11.3. The Morgan fingerprint density at radius 1 is 1.10 bits per heavy atom. The van der Waals surface area contributed by atoms with Gasteiger partial charge in [-0.1, -0.05) is 54.1 Å². The largest absolute Gasteiger partial charge is 0.489 e. The number of hydrogen-bond acceptors (Lipinski definition) is 2. The third-order valence-electron chi connectivity index (χ3n) is 3.12. The van der Waals surface area contributed by atoms with Gasteiger partial charge in [-0.25, -0.2) is 0 Å². The second-order valence-electron chi connectivity index (χ2n) is 5.08. The van der Waals surface area contributed by atoms with E-state index >= 15 is 0 Å². The molecule has 0 heterocycles. The van der Waals surface area contributed by atoms with Crippen molar-refractivity contribution in [3.8, 4) is 5.75 Å². The Labute approximate surface area is 133 Å². The number of rotatable bonds is 6. The Kier molecular flexibility index (Phi) is 7.00. The molecule has 112 valence electrons. The van der Waals surface area contributed by atoms with Gasteiger partial charge < -0.3 is 10.5 Å². The molecule has 0 spiro atoms. The second-order valence-corrected chi connectivity index (χ2v) is 5.08. The van der Waals surface area contributed by atoms with Gasteiger partial charge in [-0.15, -0.1) is 19.0 Å². The molecule has 1 atom stereocenters. The molecule has 2 rings (SSSR count). The van der Waals surface area contributed by atoms with Crippen LogP contribution >= 0.6 is 12.4 Å². The van der Waals surface area contributed by atoms with Gasteiger partial charge in [-0.2, -0.15) is 0 Å². The molecule has 0 aliphatic carbocycles. The van der Waals surface area contributed by atoms with Crippen molar-refractivity contribution < 1.29 is 4.74 Å². The van der Waals surface area contributed by atoms with E-state index in [1.807, 2.05) is 49.4 Å². The summed E-state index contributed by atoms with van der Waals surface area (Å²) in [6, 6.07) is 18.0. The Hall–Kier alpha value is -1.77. The summed E-state index contributed by atoms with van der Waals surface area (Å²) in [5.41, 5.74) is 9.49. The molecule has 0 bridgehead atoms. The molecule has 0 saturated heterocycles. The first kappa shape index (κ1) is 17.3.